The number of aliphatic hydroxyl groups excluding tert-OH is 1. The number of alkyl halides is 1. The molecule has 0 heterocycles. The highest BCUT2D eigenvalue weighted by atomic mass is 79.9. The summed E-state index contributed by atoms with van der Waals surface area (Å²) in [5, 5.41) is 12.0. The molecule has 0 aliphatic heterocycles. The predicted octanol–water partition coefficient (Wildman–Crippen LogP) is 2.60. The predicted molar refractivity (Wildman–Crippen MR) is 59.3 cm³/mol. The molecule has 1 aromatic carbocycles. The molecule has 0 fully saturated rings. The first kappa shape index (κ1) is 11.8. The molecule has 0 aliphatic carbocycles. The highest BCUT2D eigenvalue weighted by molar-refractivity contribution is 9.10. The Morgan fingerprint density at radius 1 is 1.57 bits per heavy atom. The zero-order valence-corrected chi connectivity index (χ0v) is 9.65. The minimum Gasteiger partial charge on any atom is -0.390 e. The summed E-state index contributed by atoms with van der Waals surface area (Å²) in [6, 6.07) is 4.67. The van der Waals surface area contributed by atoms with Gasteiger partial charge in [0.1, 0.15) is 5.82 Å². The van der Waals surface area contributed by atoms with Crippen molar-refractivity contribution in [2.45, 2.75) is 6.10 Å². The van der Waals surface area contributed by atoms with Gasteiger partial charge in [0, 0.05) is 12.2 Å². The van der Waals surface area contributed by atoms with E-state index in [4.69, 9.17) is 16.7 Å². The molecule has 0 saturated carbocycles. The van der Waals surface area contributed by atoms with Crippen LogP contribution in [-0.4, -0.2) is 23.6 Å². The average Bonchev–Trinajstić information content (AvgIpc) is 2.19. The third-order valence-corrected chi connectivity index (χ3v) is 2.64. The number of aliphatic hydroxyl groups is 1. The fraction of sp³-hybridized carbons (Fsp3) is 0.333. The number of hydrogen-bond acceptors (Lipinski definition) is 2. The van der Waals surface area contributed by atoms with E-state index in [1.807, 2.05) is 0 Å². The van der Waals surface area contributed by atoms with Crippen LogP contribution in [0, 0.1) is 5.82 Å². The van der Waals surface area contributed by atoms with Crippen molar-refractivity contribution in [3.05, 3.63) is 28.5 Å². The van der Waals surface area contributed by atoms with Crippen molar-refractivity contribution in [1.29, 1.82) is 0 Å². The quantitative estimate of drug-likeness (QED) is 0.832. The summed E-state index contributed by atoms with van der Waals surface area (Å²) < 4.78 is 13.4. The number of rotatable bonds is 4. The van der Waals surface area contributed by atoms with E-state index in [1.165, 1.54) is 6.07 Å². The van der Waals surface area contributed by atoms with Gasteiger partial charge in [-0.1, -0.05) is 0 Å². The second-order valence-corrected chi connectivity index (χ2v) is 3.98. The molecular formula is C9H10BrClFNO. The van der Waals surface area contributed by atoms with Crippen LogP contribution in [0.1, 0.15) is 0 Å². The van der Waals surface area contributed by atoms with E-state index < -0.39 is 6.10 Å². The standard InChI is InChI=1S/C9H10BrClFNO/c10-8-2-1-6(3-9(8)12)13-5-7(14)4-11/h1-3,7,13-14H,4-5H2. The Bertz CT molecular complexity index is 311. The van der Waals surface area contributed by atoms with Crippen LogP contribution >= 0.6 is 27.5 Å². The van der Waals surface area contributed by atoms with Gasteiger partial charge in [-0.3, -0.25) is 0 Å². The molecule has 0 amide bonds. The topological polar surface area (TPSA) is 32.3 Å². The van der Waals surface area contributed by atoms with Crippen LogP contribution in [0.15, 0.2) is 22.7 Å². The molecule has 0 saturated heterocycles. The lowest BCUT2D eigenvalue weighted by molar-refractivity contribution is 0.211. The molecule has 0 aromatic heterocycles. The van der Waals surface area contributed by atoms with Gasteiger partial charge in [0.15, 0.2) is 0 Å². The van der Waals surface area contributed by atoms with E-state index in [1.54, 1.807) is 12.1 Å². The smallest absolute Gasteiger partial charge is 0.139 e. The summed E-state index contributed by atoms with van der Waals surface area (Å²) in [4.78, 5) is 0. The number of halogens is 3. The summed E-state index contributed by atoms with van der Waals surface area (Å²) in [6.07, 6.45) is -0.622. The van der Waals surface area contributed by atoms with E-state index in [0.717, 1.165) is 0 Å². The minimum absolute atomic E-state index is 0.159. The monoisotopic (exact) mass is 281 g/mol. The molecule has 0 aliphatic rings. The number of hydrogen-bond donors (Lipinski definition) is 2. The molecule has 5 heteroatoms. The zero-order valence-electron chi connectivity index (χ0n) is 7.30. The van der Waals surface area contributed by atoms with Crippen molar-refractivity contribution in [1.82, 2.24) is 0 Å². The summed E-state index contributed by atoms with van der Waals surface area (Å²) in [5.41, 5.74) is 0.620. The number of nitrogens with one attached hydrogen (secondary N) is 1. The van der Waals surface area contributed by atoms with Gasteiger partial charge in [0.2, 0.25) is 0 Å². The molecule has 1 rings (SSSR count). The van der Waals surface area contributed by atoms with Crippen molar-refractivity contribution in [3.8, 4) is 0 Å². The third kappa shape index (κ3) is 3.44. The molecule has 14 heavy (non-hydrogen) atoms. The minimum atomic E-state index is -0.622. The largest absolute Gasteiger partial charge is 0.390 e. The number of anilines is 1. The summed E-state index contributed by atoms with van der Waals surface area (Å²) in [7, 11) is 0. The van der Waals surface area contributed by atoms with Gasteiger partial charge in [0.25, 0.3) is 0 Å². The van der Waals surface area contributed by atoms with Gasteiger partial charge in [-0.05, 0) is 34.1 Å². The fourth-order valence-corrected chi connectivity index (χ4v) is 1.25. The van der Waals surface area contributed by atoms with Crippen LogP contribution in [0.3, 0.4) is 0 Å². The maximum atomic E-state index is 13.0. The fourth-order valence-electron chi connectivity index (χ4n) is 0.896. The first-order valence-corrected chi connectivity index (χ1v) is 5.39. The maximum absolute atomic E-state index is 13.0. The van der Waals surface area contributed by atoms with Crippen molar-refractivity contribution in [3.63, 3.8) is 0 Å². The first-order chi connectivity index (χ1) is 6.63. The maximum Gasteiger partial charge on any atom is 0.139 e. The van der Waals surface area contributed by atoms with Gasteiger partial charge in [-0.15, -0.1) is 11.6 Å². The lowest BCUT2D eigenvalue weighted by Gasteiger charge is -2.10. The Kier molecular flexibility index (Phi) is 4.65. The van der Waals surface area contributed by atoms with E-state index >= 15 is 0 Å². The van der Waals surface area contributed by atoms with Crippen LogP contribution in [-0.2, 0) is 0 Å². The van der Waals surface area contributed by atoms with Crippen molar-refractivity contribution in [2.75, 3.05) is 17.7 Å². The highest BCUT2D eigenvalue weighted by Crippen LogP contribution is 2.19. The lowest BCUT2D eigenvalue weighted by Crippen LogP contribution is -2.20. The average molecular weight is 283 g/mol. The van der Waals surface area contributed by atoms with Gasteiger partial charge < -0.3 is 10.4 Å². The third-order valence-electron chi connectivity index (χ3n) is 1.64. The summed E-state index contributed by atoms with van der Waals surface area (Å²) >= 11 is 8.45. The Balaban J connectivity index is 2.55. The lowest BCUT2D eigenvalue weighted by atomic mass is 10.3. The van der Waals surface area contributed by atoms with Crippen LogP contribution in [0.4, 0.5) is 10.1 Å². The summed E-state index contributed by atoms with van der Waals surface area (Å²) in [6.45, 7) is 0.310. The molecule has 78 valence electrons. The van der Waals surface area contributed by atoms with Gasteiger partial charge in [0.05, 0.1) is 16.5 Å². The van der Waals surface area contributed by atoms with Crippen molar-refractivity contribution >= 4 is 33.2 Å². The van der Waals surface area contributed by atoms with Crippen LogP contribution < -0.4 is 5.32 Å². The number of benzene rings is 1. The SMILES string of the molecule is OC(CCl)CNc1ccc(Br)c(F)c1. The van der Waals surface area contributed by atoms with Crippen LogP contribution in [0.25, 0.3) is 0 Å². The highest BCUT2D eigenvalue weighted by Gasteiger charge is 2.03. The molecule has 0 spiro atoms. The normalized spacial score (nSPS) is 12.6. The van der Waals surface area contributed by atoms with E-state index in [2.05, 4.69) is 21.2 Å². The second-order valence-electron chi connectivity index (χ2n) is 2.82. The van der Waals surface area contributed by atoms with Gasteiger partial charge in [-0.25, -0.2) is 4.39 Å². The Hall–Kier alpha value is -0.320. The molecule has 1 aromatic rings. The first-order valence-electron chi connectivity index (χ1n) is 4.06. The second kappa shape index (κ2) is 5.53. The van der Waals surface area contributed by atoms with E-state index in [9.17, 15) is 4.39 Å². The molecule has 1 unspecified atom stereocenters. The van der Waals surface area contributed by atoms with Crippen molar-refractivity contribution < 1.29 is 9.50 Å². The zero-order chi connectivity index (χ0) is 10.6. The van der Waals surface area contributed by atoms with Crippen LogP contribution in [0.2, 0.25) is 0 Å². The molecule has 0 radical (unpaired) electrons. The van der Waals surface area contributed by atoms with Gasteiger partial charge in [-0.2, -0.15) is 0 Å². The molecule has 2 N–H and O–H groups in total. The Labute approximate surface area is 95.2 Å². The van der Waals surface area contributed by atoms with Crippen LogP contribution in [0.5, 0.6) is 0 Å². The van der Waals surface area contributed by atoms with Crippen molar-refractivity contribution in [2.24, 2.45) is 0 Å². The van der Waals surface area contributed by atoms with E-state index in [-0.39, 0.29) is 11.7 Å². The Morgan fingerprint density at radius 2 is 2.29 bits per heavy atom. The molecule has 2 nitrogen and oxygen atoms in total. The molecular weight excluding hydrogens is 272 g/mol. The van der Waals surface area contributed by atoms with E-state index in [0.29, 0.717) is 16.7 Å². The summed E-state index contributed by atoms with van der Waals surface area (Å²) in [5.74, 6) is -0.179. The molecule has 0 bridgehead atoms. The molecule has 1 atom stereocenters. The Morgan fingerprint density at radius 3 is 2.86 bits per heavy atom. The van der Waals surface area contributed by atoms with Gasteiger partial charge >= 0.3 is 0 Å².